The number of hydrogen-bond donors (Lipinski definition) is 1. The maximum atomic E-state index is 13.5. The number of ether oxygens (including phenoxy) is 1. The van der Waals surface area contributed by atoms with Crippen LogP contribution in [-0.4, -0.2) is 53.9 Å². The molecule has 2 aromatic carbocycles. The molecular formula is C30H38ClN3O4. The van der Waals surface area contributed by atoms with Crippen LogP contribution in [0.3, 0.4) is 0 Å². The van der Waals surface area contributed by atoms with Crippen molar-refractivity contribution in [1.82, 2.24) is 14.8 Å². The van der Waals surface area contributed by atoms with Crippen molar-refractivity contribution in [3.63, 3.8) is 0 Å². The first-order chi connectivity index (χ1) is 18.2. The van der Waals surface area contributed by atoms with Crippen LogP contribution >= 0.6 is 11.6 Å². The Hall–Kier alpha value is -3.32. The monoisotopic (exact) mass is 539 g/mol. The first-order valence-electron chi connectivity index (χ1n) is 13.2. The van der Waals surface area contributed by atoms with Crippen LogP contribution in [-0.2, 0) is 16.0 Å². The molecule has 0 bridgehead atoms. The maximum absolute atomic E-state index is 13.5. The highest BCUT2D eigenvalue weighted by Gasteiger charge is 2.26. The number of halogens is 1. The summed E-state index contributed by atoms with van der Waals surface area (Å²) in [6.07, 6.45) is 4.29. The number of fused-ring (bicyclic) bond motifs is 1. The molecule has 0 fully saturated rings. The van der Waals surface area contributed by atoms with Crippen LogP contribution in [0.4, 0.5) is 0 Å². The molecule has 8 heteroatoms. The molecule has 204 valence electrons. The van der Waals surface area contributed by atoms with E-state index >= 15 is 0 Å². The fraction of sp³-hybridized carbons (Fsp3) is 0.433. The molecule has 1 aromatic heterocycles. The molecule has 3 aromatic rings. The second-order valence-corrected chi connectivity index (χ2v) is 10.1. The SMILES string of the molecule is CCCCC(NC(=O)Cc1c(C)n(C(=O)c2ccc(Cl)cc2)c2ccc(OC)cc12)C(=O)N(C)CCCC. The Kier molecular flexibility index (Phi) is 10.4. The number of amides is 2. The average molecular weight is 540 g/mol. The summed E-state index contributed by atoms with van der Waals surface area (Å²) in [4.78, 5) is 41.7. The molecular weight excluding hydrogens is 502 g/mol. The number of carbonyl (C=O) groups is 3. The lowest BCUT2D eigenvalue weighted by Gasteiger charge is -2.24. The Morgan fingerprint density at radius 3 is 2.37 bits per heavy atom. The van der Waals surface area contributed by atoms with E-state index in [-0.39, 0.29) is 24.1 Å². The number of nitrogens with one attached hydrogen (secondary N) is 1. The van der Waals surface area contributed by atoms with Gasteiger partial charge in [0.25, 0.3) is 5.91 Å². The molecule has 7 nitrogen and oxygen atoms in total. The second kappa shape index (κ2) is 13.5. The highest BCUT2D eigenvalue weighted by Crippen LogP contribution is 2.31. The first-order valence-corrected chi connectivity index (χ1v) is 13.6. The number of unbranched alkanes of at least 4 members (excludes halogenated alkanes) is 2. The molecule has 1 heterocycles. The van der Waals surface area contributed by atoms with Crippen molar-refractivity contribution >= 4 is 40.2 Å². The quantitative estimate of drug-likeness (QED) is 0.316. The number of hydrogen-bond acceptors (Lipinski definition) is 4. The zero-order valence-corrected chi connectivity index (χ0v) is 23.7. The van der Waals surface area contributed by atoms with Gasteiger partial charge in [-0.3, -0.25) is 19.0 Å². The number of carbonyl (C=O) groups excluding carboxylic acids is 3. The van der Waals surface area contributed by atoms with Gasteiger partial charge in [-0.15, -0.1) is 0 Å². The second-order valence-electron chi connectivity index (χ2n) is 9.65. The third-order valence-corrected chi connectivity index (χ3v) is 7.13. The largest absolute Gasteiger partial charge is 0.497 e. The molecule has 1 atom stereocenters. The summed E-state index contributed by atoms with van der Waals surface area (Å²) in [5.74, 6) is 0.0876. The summed E-state index contributed by atoms with van der Waals surface area (Å²) in [7, 11) is 3.37. The van der Waals surface area contributed by atoms with Crippen molar-refractivity contribution in [2.24, 2.45) is 0 Å². The number of rotatable bonds is 12. The molecule has 0 aliphatic rings. The van der Waals surface area contributed by atoms with Gasteiger partial charge in [0, 0.05) is 35.3 Å². The zero-order valence-electron chi connectivity index (χ0n) is 23.0. The molecule has 0 aliphatic heterocycles. The Morgan fingerprint density at radius 2 is 1.74 bits per heavy atom. The van der Waals surface area contributed by atoms with E-state index in [0.29, 0.717) is 40.5 Å². The van der Waals surface area contributed by atoms with Gasteiger partial charge in [0.2, 0.25) is 11.8 Å². The van der Waals surface area contributed by atoms with E-state index in [1.807, 2.05) is 19.1 Å². The van der Waals surface area contributed by atoms with Crippen molar-refractivity contribution < 1.29 is 19.1 Å². The maximum Gasteiger partial charge on any atom is 0.262 e. The Bertz CT molecular complexity index is 1280. The van der Waals surface area contributed by atoms with Crippen molar-refractivity contribution in [1.29, 1.82) is 0 Å². The van der Waals surface area contributed by atoms with Gasteiger partial charge in [-0.05, 0) is 67.8 Å². The Balaban J connectivity index is 1.94. The number of aromatic nitrogens is 1. The van der Waals surface area contributed by atoms with E-state index in [4.69, 9.17) is 16.3 Å². The minimum Gasteiger partial charge on any atom is -0.497 e. The lowest BCUT2D eigenvalue weighted by molar-refractivity contribution is -0.135. The summed E-state index contributed by atoms with van der Waals surface area (Å²) in [6, 6.07) is 11.6. The molecule has 2 amide bonds. The zero-order chi connectivity index (χ0) is 27.8. The average Bonchev–Trinajstić information content (AvgIpc) is 3.19. The number of nitrogens with zero attached hydrogens (tertiary/aromatic N) is 2. The highest BCUT2D eigenvalue weighted by atomic mass is 35.5. The van der Waals surface area contributed by atoms with E-state index in [1.54, 1.807) is 54.0 Å². The third kappa shape index (κ3) is 6.76. The smallest absolute Gasteiger partial charge is 0.262 e. The minimum atomic E-state index is -0.580. The molecule has 0 spiro atoms. The summed E-state index contributed by atoms with van der Waals surface area (Å²) >= 11 is 6.02. The highest BCUT2D eigenvalue weighted by molar-refractivity contribution is 6.30. The summed E-state index contributed by atoms with van der Waals surface area (Å²) < 4.78 is 7.05. The van der Waals surface area contributed by atoms with Gasteiger partial charge in [-0.25, -0.2) is 0 Å². The van der Waals surface area contributed by atoms with Crippen LogP contribution in [0, 0.1) is 6.92 Å². The lowest BCUT2D eigenvalue weighted by atomic mass is 10.0. The molecule has 38 heavy (non-hydrogen) atoms. The predicted octanol–water partition coefficient (Wildman–Crippen LogP) is 5.78. The van der Waals surface area contributed by atoms with E-state index < -0.39 is 6.04 Å². The number of methoxy groups -OCH3 is 1. The molecule has 0 radical (unpaired) electrons. The molecule has 0 saturated carbocycles. The van der Waals surface area contributed by atoms with Crippen molar-refractivity contribution in [3.05, 3.63) is 64.3 Å². The van der Waals surface area contributed by atoms with Crippen LogP contribution in [0.1, 0.15) is 67.6 Å². The minimum absolute atomic E-state index is 0.0327. The van der Waals surface area contributed by atoms with Gasteiger partial charge in [-0.2, -0.15) is 0 Å². The molecule has 3 rings (SSSR count). The van der Waals surface area contributed by atoms with Crippen LogP contribution in [0.25, 0.3) is 10.9 Å². The number of likely N-dealkylation sites (N-methyl/N-ethyl adjacent to an activating group) is 1. The van der Waals surface area contributed by atoms with Gasteiger partial charge >= 0.3 is 0 Å². The fourth-order valence-electron chi connectivity index (χ4n) is 4.64. The lowest BCUT2D eigenvalue weighted by Crippen LogP contribution is -2.48. The van der Waals surface area contributed by atoms with Crippen LogP contribution in [0.5, 0.6) is 5.75 Å². The Morgan fingerprint density at radius 1 is 1.05 bits per heavy atom. The van der Waals surface area contributed by atoms with Crippen molar-refractivity contribution in [3.8, 4) is 5.75 Å². The standard InChI is InChI=1S/C30H38ClN3O4/c1-6-8-10-26(30(37)33(4)17-9-7-2)32-28(35)19-24-20(3)34(27-16-15-23(38-5)18-25(24)27)29(36)21-11-13-22(31)14-12-21/h11-16,18,26H,6-10,17,19H2,1-5H3,(H,32,35). The molecule has 0 saturated heterocycles. The van der Waals surface area contributed by atoms with Gasteiger partial charge in [0.05, 0.1) is 19.0 Å². The first kappa shape index (κ1) is 29.2. The van der Waals surface area contributed by atoms with Crippen LogP contribution in [0.15, 0.2) is 42.5 Å². The van der Waals surface area contributed by atoms with E-state index in [9.17, 15) is 14.4 Å². The summed E-state index contributed by atoms with van der Waals surface area (Å²) in [5.41, 5.74) is 2.56. The van der Waals surface area contributed by atoms with Crippen LogP contribution < -0.4 is 10.1 Å². The van der Waals surface area contributed by atoms with Gasteiger partial charge in [0.1, 0.15) is 11.8 Å². The van der Waals surface area contributed by atoms with Gasteiger partial charge in [-0.1, -0.05) is 44.7 Å². The van der Waals surface area contributed by atoms with E-state index in [1.165, 1.54) is 0 Å². The molecule has 1 N–H and O–H groups in total. The van der Waals surface area contributed by atoms with E-state index in [2.05, 4.69) is 19.2 Å². The summed E-state index contributed by atoms with van der Waals surface area (Å²) in [6.45, 7) is 6.64. The van der Waals surface area contributed by atoms with Crippen molar-refractivity contribution in [2.75, 3.05) is 20.7 Å². The molecule has 1 unspecified atom stereocenters. The molecule has 0 aliphatic carbocycles. The predicted molar refractivity (Wildman–Crippen MR) is 152 cm³/mol. The van der Waals surface area contributed by atoms with E-state index in [0.717, 1.165) is 36.6 Å². The van der Waals surface area contributed by atoms with Crippen molar-refractivity contribution in [2.45, 2.75) is 65.3 Å². The third-order valence-electron chi connectivity index (χ3n) is 6.88. The Labute approximate surface area is 230 Å². The number of benzene rings is 2. The fourth-order valence-corrected chi connectivity index (χ4v) is 4.76. The summed E-state index contributed by atoms with van der Waals surface area (Å²) in [5, 5.41) is 4.29. The van der Waals surface area contributed by atoms with Gasteiger partial charge in [0.15, 0.2) is 0 Å². The van der Waals surface area contributed by atoms with Gasteiger partial charge < -0.3 is 15.0 Å². The van der Waals surface area contributed by atoms with Crippen LogP contribution in [0.2, 0.25) is 5.02 Å². The normalized spacial score (nSPS) is 11.8. The topological polar surface area (TPSA) is 80.6 Å².